The van der Waals surface area contributed by atoms with Crippen LogP contribution in [0.2, 0.25) is 0 Å². The van der Waals surface area contributed by atoms with Crippen LogP contribution in [0, 0.1) is 5.92 Å². The molecule has 0 aliphatic rings. The molecule has 0 saturated heterocycles. The Kier molecular flexibility index (Phi) is 6.73. The molecule has 0 radical (unpaired) electrons. The molecule has 5 heteroatoms. The van der Waals surface area contributed by atoms with Crippen molar-refractivity contribution < 1.29 is 14.3 Å². The lowest BCUT2D eigenvalue weighted by Crippen LogP contribution is -2.46. The van der Waals surface area contributed by atoms with Crippen LogP contribution in [0.25, 0.3) is 0 Å². The van der Waals surface area contributed by atoms with Gasteiger partial charge in [-0.2, -0.15) is 0 Å². The molecule has 0 aromatic heterocycles. The molecule has 0 spiro atoms. The van der Waals surface area contributed by atoms with Crippen LogP contribution in [-0.2, 0) is 20.9 Å². The molecule has 1 rings (SSSR count). The van der Waals surface area contributed by atoms with Crippen molar-refractivity contribution in [1.29, 1.82) is 0 Å². The first-order valence-electron chi connectivity index (χ1n) is 6.73. The van der Waals surface area contributed by atoms with Crippen LogP contribution in [0.5, 0.6) is 0 Å². The molecule has 0 fully saturated rings. The molecule has 2 N–H and O–H groups in total. The van der Waals surface area contributed by atoms with E-state index in [1.165, 1.54) is 0 Å². The predicted octanol–water partition coefficient (Wildman–Crippen LogP) is 1.79. The zero-order chi connectivity index (χ0) is 15.0. The number of rotatable bonds is 6. The lowest BCUT2D eigenvalue weighted by Gasteiger charge is -2.14. The highest BCUT2D eigenvalue weighted by Gasteiger charge is 2.14. The smallest absolute Gasteiger partial charge is 0.267 e. The summed E-state index contributed by atoms with van der Waals surface area (Å²) >= 11 is 0. The second-order valence-electron chi connectivity index (χ2n) is 5.07. The van der Waals surface area contributed by atoms with Crippen molar-refractivity contribution in [2.24, 2.45) is 5.92 Å². The fraction of sp³-hybridized carbons (Fsp3) is 0.467. The number of nitrogens with one attached hydrogen (secondary N) is 2. The Morgan fingerprint density at radius 3 is 2.35 bits per heavy atom. The van der Waals surface area contributed by atoms with Gasteiger partial charge in [-0.05, 0) is 18.4 Å². The standard InChI is InChI=1S/C15H22N2O3/c1-11(2)9-14(18)16-17-15(19)12(3)20-10-13-7-5-4-6-8-13/h4-8,11-12H,9-10H2,1-3H3,(H,16,18)(H,17,19). The summed E-state index contributed by atoms with van der Waals surface area (Å²) in [6.45, 7) is 5.88. The molecule has 0 bridgehead atoms. The Labute approximate surface area is 119 Å². The van der Waals surface area contributed by atoms with E-state index in [1.54, 1.807) is 6.92 Å². The molecule has 0 aliphatic heterocycles. The molecular weight excluding hydrogens is 256 g/mol. The molecule has 0 saturated carbocycles. The van der Waals surface area contributed by atoms with Gasteiger partial charge in [-0.1, -0.05) is 44.2 Å². The highest BCUT2D eigenvalue weighted by Crippen LogP contribution is 2.03. The second kappa shape index (κ2) is 8.32. The molecule has 1 atom stereocenters. The summed E-state index contributed by atoms with van der Waals surface area (Å²) in [6, 6.07) is 9.60. The van der Waals surface area contributed by atoms with Crippen molar-refractivity contribution in [2.45, 2.75) is 39.9 Å². The van der Waals surface area contributed by atoms with Gasteiger partial charge < -0.3 is 4.74 Å². The number of carbonyl (C=O) groups is 2. The molecule has 2 amide bonds. The van der Waals surface area contributed by atoms with Crippen LogP contribution in [0.1, 0.15) is 32.8 Å². The third kappa shape index (κ3) is 6.33. The van der Waals surface area contributed by atoms with E-state index in [2.05, 4.69) is 10.9 Å². The minimum atomic E-state index is -0.630. The number of carbonyl (C=O) groups excluding carboxylic acids is 2. The van der Waals surface area contributed by atoms with Crippen molar-refractivity contribution in [3.8, 4) is 0 Å². The normalized spacial score (nSPS) is 12.0. The number of hydrogen-bond donors (Lipinski definition) is 2. The van der Waals surface area contributed by atoms with Crippen LogP contribution in [0.15, 0.2) is 30.3 Å². The minimum absolute atomic E-state index is 0.205. The van der Waals surface area contributed by atoms with Crippen LogP contribution < -0.4 is 10.9 Å². The van der Waals surface area contributed by atoms with Crippen LogP contribution in [-0.4, -0.2) is 17.9 Å². The average molecular weight is 278 g/mol. The van der Waals surface area contributed by atoms with E-state index in [0.29, 0.717) is 13.0 Å². The highest BCUT2D eigenvalue weighted by molar-refractivity contribution is 5.84. The first kappa shape index (κ1) is 16.2. The first-order valence-corrected chi connectivity index (χ1v) is 6.73. The second-order valence-corrected chi connectivity index (χ2v) is 5.07. The van der Waals surface area contributed by atoms with Gasteiger partial charge in [-0.3, -0.25) is 20.4 Å². The van der Waals surface area contributed by atoms with Gasteiger partial charge in [0.25, 0.3) is 5.91 Å². The molecule has 5 nitrogen and oxygen atoms in total. The monoisotopic (exact) mass is 278 g/mol. The van der Waals surface area contributed by atoms with Gasteiger partial charge in [-0.25, -0.2) is 0 Å². The van der Waals surface area contributed by atoms with Crippen LogP contribution >= 0.6 is 0 Å². The summed E-state index contributed by atoms with van der Waals surface area (Å²) < 4.78 is 5.44. The zero-order valence-corrected chi connectivity index (χ0v) is 12.2. The van der Waals surface area contributed by atoms with E-state index < -0.39 is 6.10 Å². The average Bonchev–Trinajstić information content (AvgIpc) is 2.42. The van der Waals surface area contributed by atoms with Crippen molar-refractivity contribution in [1.82, 2.24) is 10.9 Å². The SMILES string of the molecule is CC(C)CC(=O)NNC(=O)C(C)OCc1ccccc1. The van der Waals surface area contributed by atoms with E-state index in [9.17, 15) is 9.59 Å². The largest absolute Gasteiger partial charge is 0.364 e. The third-order valence-corrected chi connectivity index (χ3v) is 2.63. The molecule has 110 valence electrons. The fourth-order valence-electron chi connectivity index (χ4n) is 1.53. The highest BCUT2D eigenvalue weighted by atomic mass is 16.5. The lowest BCUT2D eigenvalue weighted by atomic mass is 10.1. The van der Waals surface area contributed by atoms with E-state index in [-0.39, 0.29) is 17.7 Å². The Bertz CT molecular complexity index is 432. The maximum atomic E-state index is 11.7. The number of hydrogen-bond acceptors (Lipinski definition) is 3. The summed E-state index contributed by atoms with van der Waals surface area (Å²) in [4.78, 5) is 23.1. The number of ether oxygens (including phenoxy) is 1. The van der Waals surface area contributed by atoms with Gasteiger partial charge in [0.2, 0.25) is 5.91 Å². The Hall–Kier alpha value is -1.88. The van der Waals surface area contributed by atoms with Crippen LogP contribution in [0.4, 0.5) is 0 Å². The van der Waals surface area contributed by atoms with Gasteiger partial charge in [0.15, 0.2) is 0 Å². The maximum Gasteiger partial charge on any atom is 0.267 e. The van der Waals surface area contributed by atoms with Crippen molar-refractivity contribution in [3.63, 3.8) is 0 Å². The zero-order valence-electron chi connectivity index (χ0n) is 12.2. The van der Waals surface area contributed by atoms with Gasteiger partial charge in [-0.15, -0.1) is 0 Å². The van der Waals surface area contributed by atoms with Crippen molar-refractivity contribution >= 4 is 11.8 Å². The third-order valence-electron chi connectivity index (χ3n) is 2.63. The molecule has 20 heavy (non-hydrogen) atoms. The van der Waals surface area contributed by atoms with Gasteiger partial charge in [0.1, 0.15) is 6.10 Å². The fourth-order valence-corrected chi connectivity index (χ4v) is 1.53. The van der Waals surface area contributed by atoms with Gasteiger partial charge in [0, 0.05) is 6.42 Å². The molecule has 1 aromatic rings. The molecule has 0 aliphatic carbocycles. The Morgan fingerprint density at radius 1 is 1.10 bits per heavy atom. The lowest BCUT2D eigenvalue weighted by molar-refractivity contribution is -0.136. The van der Waals surface area contributed by atoms with E-state index in [0.717, 1.165) is 5.56 Å². The number of hydrazine groups is 1. The van der Waals surface area contributed by atoms with Crippen molar-refractivity contribution in [3.05, 3.63) is 35.9 Å². The topological polar surface area (TPSA) is 67.4 Å². The summed E-state index contributed by atoms with van der Waals surface area (Å²) in [5.41, 5.74) is 5.73. The molecule has 1 unspecified atom stereocenters. The quantitative estimate of drug-likeness (QED) is 0.780. The number of amides is 2. The molecular formula is C15H22N2O3. The van der Waals surface area contributed by atoms with E-state index >= 15 is 0 Å². The summed E-state index contributed by atoms with van der Waals surface area (Å²) in [7, 11) is 0. The molecule has 0 heterocycles. The summed E-state index contributed by atoms with van der Waals surface area (Å²) in [5.74, 6) is -0.319. The van der Waals surface area contributed by atoms with Crippen LogP contribution in [0.3, 0.4) is 0 Å². The van der Waals surface area contributed by atoms with Gasteiger partial charge in [0.05, 0.1) is 6.61 Å². The Balaban J connectivity index is 2.27. The number of benzene rings is 1. The van der Waals surface area contributed by atoms with Crippen molar-refractivity contribution in [2.75, 3.05) is 0 Å². The molecule has 1 aromatic carbocycles. The summed E-state index contributed by atoms with van der Waals surface area (Å²) in [6.07, 6.45) is -0.256. The minimum Gasteiger partial charge on any atom is -0.364 e. The van der Waals surface area contributed by atoms with E-state index in [4.69, 9.17) is 4.74 Å². The predicted molar refractivity (Wildman–Crippen MR) is 76.4 cm³/mol. The first-order chi connectivity index (χ1) is 9.49. The summed E-state index contributed by atoms with van der Waals surface area (Å²) in [5, 5.41) is 0. The van der Waals surface area contributed by atoms with E-state index in [1.807, 2.05) is 44.2 Å². The van der Waals surface area contributed by atoms with Gasteiger partial charge >= 0.3 is 0 Å². The maximum absolute atomic E-state index is 11.7. The Morgan fingerprint density at radius 2 is 1.75 bits per heavy atom.